The van der Waals surface area contributed by atoms with Gasteiger partial charge >= 0.3 is 5.69 Å². The number of rotatable bonds is 5. The molecule has 0 bridgehead atoms. The van der Waals surface area contributed by atoms with E-state index in [0.717, 1.165) is 39.0 Å². The maximum atomic E-state index is 12.8. The third-order valence-electron chi connectivity index (χ3n) is 4.93. The Labute approximate surface area is 141 Å². The van der Waals surface area contributed by atoms with Gasteiger partial charge in [0.05, 0.1) is 12.0 Å². The Bertz CT molecular complexity index is 628. The van der Waals surface area contributed by atoms with Gasteiger partial charge in [0, 0.05) is 30.8 Å². The Hall–Kier alpha value is -2.15. The predicted octanol–water partition coefficient (Wildman–Crippen LogP) is 2.30. The Morgan fingerprint density at radius 1 is 1.29 bits per heavy atom. The molecular weight excluding hydrogens is 310 g/mol. The van der Waals surface area contributed by atoms with E-state index in [2.05, 4.69) is 4.90 Å². The lowest BCUT2D eigenvalue weighted by Gasteiger charge is -2.28. The number of methoxy groups -OCH3 is 1. The van der Waals surface area contributed by atoms with Crippen molar-refractivity contribution in [2.24, 2.45) is 0 Å². The minimum Gasteiger partial charge on any atom is -0.490 e. The van der Waals surface area contributed by atoms with Crippen molar-refractivity contribution in [3.63, 3.8) is 0 Å². The lowest BCUT2D eigenvalue weighted by atomic mass is 10.1. The van der Waals surface area contributed by atoms with Crippen LogP contribution in [0.2, 0.25) is 0 Å². The number of ether oxygens (including phenoxy) is 1. The van der Waals surface area contributed by atoms with Crippen LogP contribution in [0.4, 0.5) is 5.69 Å². The fourth-order valence-electron chi connectivity index (χ4n) is 3.69. The third kappa shape index (κ3) is 3.36. The maximum Gasteiger partial charge on any atom is 0.311 e. The Balaban J connectivity index is 1.77. The van der Waals surface area contributed by atoms with Crippen LogP contribution in [0.5, 0.6) is 5.75 Å². The SMILES string of the molecule is COc1ccc(C(=O)N2CCC[C@@H]2CN2CCCC2)cc1[N+](=O)[O-]. The van der Waals surface area contributed by atoms with Crippen molar-refractivity contribution < 1.29 is 14.5 Å². The van der Waals surface area contributed by atoms with Crippen molar-refractivity contribution in [1.82, 2.24) is 9.80 Å². The van der Waals surface area contributed by atoms with Gasteiger partial charge in [-0.3, -0.25) is 14.9 Å². The van der Waals surface area contributed by atoms with Crippen LogP contribution < -0.4 is 4.74 Å². The largest absolute Gasteiger partial charge is 0.490 e. The second-order valence-corrected chi connectivity index (χ2v) is 6.45. The number of benzene rings is 1. The summed E-state index contributed by atoms with van der Waals surface area (Å²) >= 11 is 0. The average Bonchev–Trinajstić information content (AvgIpc) is 3.26. The molecule has 1 aromatic carbocycles. The van der Waals surface area contributed by atoms with E-state index >= 15 is 0 Å². The molecule has 0 N–H and O–H groups in total. The van der Waals surface area contributed by atoms with E-state index in [1.54, 1.807) is 6.07 Å². The summed E-state index contributed by atoms with van der Waals surface area (Å²) in [5, 5.41) is 11.2. The summed E-state index contributed by atoms with van der Waals surface area (Å²) in [5.41, 5.74) is 0.189. The molecule has 1 aromatic rings. The highest BCUT2D eigenvalue weighted by Gasteiger charge is 2.32. The number of nitrogens with zero attached hydrogens (tertiary/aromatic N) is 3. The van der Waals surface area contributed by atoms with E-state index in [0.29, 0.717) is 5.56 Å². The molecule has 0 unspecified atom stereocenters. The van der Waals surface area contributed by atoms with Crippen molar-refractivity contribution >= 4 is 11.6 Å². The Morgan fingerprint density at radius 2 is 2.04 bits per heavy atom. The van der Waals surface area contributed by atoms with Crippen molar-refractivity contribution in [3.05, 3.63) is 33.9 Å². The van der Waals surface area contributed by atoms with Gasteiger partial charge in [-0.1, -0.05) is 0 Å². The van der Waals surface area contributed by atoms with Crippen molar-refractivity contribution in [2.75, 3.05) is 33.3 Å². The first-order valence-electron chi connectivity index (χ1n) is 8.46. The molecule has 7 heteroatoms. The zero-order chi connectivity index (χ0) is 17.1. The normalized spacial score (nSPS) is 21.2. The lowest BCUT2D eigenvalue weighted by Crippen LogP contribution is -2.42. The van der Waals surface area contributed by atoms with E-state index in [4.69, 9.17) is 4.74 Å². The monoisotopic (exact) mass is 333 g/mol. The number of likely N-dealkylation sites (tertiary alicyclic amines) is 2. The number of nitro benzene ring substituents is 1. The van der Waals surface area contributed by atoms with Crippen molar-refractivity contribution in [3.8, 4) is 5.75 Å². The number of hydrogen-bond donors (Lipinski definition) is 0. The van der Waals surface area contributed by atoms with Crippen molar-refractivity contribution in [1.29, 1.82) is 0 Å². The minimum absolute atomic E-state index is 0.123. The zero-order valence-corrected chi connectivity index (χ0v) is 13.9. The second-order valence-electron chi connectivity index (χ2n) is 6.45. The first-order valence-corrected chi connectivity index (χ1v) is 8.46. The first-order chi connectivity index (χ1) is 11.6. The molecule has 7 nitrogen and oxygen atoms in total. The highest BCUT2D eigenvalue weighted by molar-refractivity contribution is 5.95. The van der Waals surface area contributed by atoms with E-state index in [1.165, 1.54) is 32.1 Å². The van der Waals surface area contributed by atoms with Gasteiger partial charge in [-0.05, 0) is 50.9 Å². The van der Waals surface area contributed by atoms with Crippen LogP contribution in [-0.2, 0) is 0 Å². The molecule has 130 valence electrons. The highest BCUT2D eigenvalue weighted by Crippen LogP contribution is 2.29. The lowest BCUT2D eigenvalue weighted by molar-refractivity contribution is -0.385. The number of nitro groups is 1. The molecule has 2 fully saturated rings. The molecule has 0 aliphatic carbocycles. The predicted molar refractivity (Wildman–Crippen MR) is 89.4 cm³/mol. The average molecular weight is 333 g/mol. The smallest absolute Gasteiger partial charge is 0.311 e. The minimum atomic E-state index is -0.513. The van der Waals surface area contributed by atoms with Gasteiger partial charge in [0.1, 0.15) is 0 Å². The summed E-state index contributed by atoms with van der Waals surface area (Å²) in [5.74, 6) is 0.0500. The van der Waals surface area contributed by atoms with E-state index < -0.39 is 4.92 Å². The van der Waals surface area contributed by atoms with Crippen LogP contribution in [0.3, 0.4) is 0 Å². The molecular formula is C17H23N3O4. The van der Waals surface area contributed by atoms with Gasteiger partial charge in [0.2, 0.25) is 0 Å². The molecule has 2 heterocycles. The summed E-state index contributed by atoms with van der Waals surface area (Å²) in [4.78, 5) is 27.8. The number of carbonyl (C=O) groups is 1. The quantitative estimate of drug-likeness (QED) is 0.610. The van der Waals surface area contributed by atoms with Gasteiger partial charge in [-0.15, -0.1) is 0 Å². The van der Waals surface area contributed by atoms with Crippen LogP contribution in [0.25, 0.3) is 0 Å². The molecule has 0 saturated carbocycles. The molecule has 1 atom stereocenters. The second kappa shape index (κ2) is 7.17. The summed E-state index contributed by atoms with van der Waals surface area (Å²) in [6.07, 6.45) is 4.44. The molecule has 2 saturated heterocycles. The van der Waals surface area contributed by atoms with Crippen molar-refractivity contribution in [2.45, 2.75) is 31.7 Å². The van der Waals surface area contributed by atoms with Crippen LogP contribution in [0, 0.1) is 10.1 Å². The molecule has 1 amide bonds. The summed E-state index contributed by atoms with van der Waals surface area (Å²) in [6.45, 7) is 3.83. The van der Waals surface area contributed by atoms with Crippen LogP contribution in [-0.4, -0.2) is 60.0 Å². The zero-order valence-electron chi connectivity index (χ0n) is 13.9. The van der Waals surface area contributed by atoms with E-state index in [9.17, 15) is 14.9 Å². The summed E-state index contributed by atoms with van der Waals surface area (Å²) < 4.78 is 5.00. The van der Waals surface area contributed by atoms with Crippen LogP contribution >= 0.6 is 0 Å². The molecule has 0 spiro atoms. The fraction of sp³-hybridized carbons (Fsp3) is 0.588. The standard InChI is InChI=1S/C17H23N3O4/c1-24-16-7-6-13(11-15(16)20(22)23)17(21)19-10-4-5-14(19)12-18-8-2-3-9-18/h6-7,11,14H,2-5,8-10,12H2,1H3/t14-/m1/s1. The molecule has 0 aromatic heterocycles. The Kier molecular flexibility index (Phi) is 4.99. The fourth-order valence-corrected chi connectivity index (χ4v) is 3.69. The first kappa shape index (κ1) is 16.7. The number of hydrogen-bond acceptors (Lipinski definition) is 5. The number of amides is 1. The molecule has 3 rings (SSSR count). The topological polar surface area (TPSA) is 75.9 Å². The molecule has 2 aliphatic heterocycles. The number of carbonyl (C=O) groups excluding carboxylic acids is 1. The highest BCUT2D eigenvalue weighted by atomic mass is 16.6. The van der Waals surface area contributed by atoms with Crippen LogP contribution in [0.15, 0.2) is 18.2 Å². The van der Waals surface area contributed by atoms with Gasteiger partial charge in [0.25, 0.3) is 5.91 Å². The summed E-state index contributed by atoms with van der Waals surface area (Å²) in [7, 11) is 1.39. The molecule has 2 aliphatic rings. The van der Waals surface area contributed by atoms with E-state index in [1.807, 2.05) is 4.90 Å². The Morgan fingerprint density at radius 3 is 2.71 bits per heavy atom. The van der Waals surface area contributed by atoms with Gasteiger partial charge < -0.3 is 14.5 Å². The van der Waals surface area contributed by atoms with Gasteiger partial charge in [-0.25, -0.2) is 0 Å². The third-order valence-corrected chi connectivity index (χ3v) is 4.93. The van der Waals surface area contributed by atoms with Gasteiger partial charge in [0.15, 0.2) is 5.75 Å². The summed E-state index contributed by atoms with van der Waals surface area (Å²) in [6, 6.07) is 4.64. The van der Waals surface area contributed by atoms with E-state index in [-0.39, 0.29) is 23.4 Å². The van der Waals surface area contributed by atoms with Crippen LogP contribution in [0.1, 0.15) is 36.0 Å². The molecule has 24 heavy (non-hydrogen) atoms. The molecule has 0 radical (unpaired) electrons. The maximum absolute atomic E-state index is 12.8. The van der Waals surface area contributed by atoms with Gasteiger partial charge in [-0.2, -0.15) is 0 Å².